The molecule has 6 nitrogen and oxygen atoms in total. The van der Waals surface area contributed by atoms with Crippen LogP contribution in [0.15, 0.2) is 58.0 Å². The number of amides is 2. The zero-order valence-corrected chi connectivity index (χ0v) is 20.4. The SMILES string of the molecule is CC.O=C(CN1C(=O)C(c2ccc(Br)cc2)=NC12CCCOC2)Nc1cccc(C(F)(F)F)c1. The van der Waals surface area contributed by atoms with E-state index in [4.69, 9.17) is 4.74 Å². The second-order valence-corrected chi connectivity index (χ2v) is 8.54. The number of ether oxygens (including phenoxy) is 1. The van der Waals surface area contributed by atoms with Crippen LogP contribution >= 0.6 is 15.9 Å². The van der Waals surface area contributed by atoms with Crippen molar-refractivity contribution in [2.75, 3.05) is 25.1 Å². The lowest BCUT2D eigenvalue weighted by molar-refractivity contribution is -0.137. The predicted octanol–water partition coefficient (Wildman–Crippen LogP) is 5.27. The molecule has 10 heteroatoms. The average Bonchev–Trinajstić information content (AvgIpc) is 3.07. The van der Waals surface area contributed by atoms with Crippen molar-refractivity contribution in [1.29, 1.82) is 0 Å². The minimum Gasteiger partial charge on any atom is -0.377 e. The molecule has 0 aromatic heterocycles. The topological polar surface area (TPSA) is 71.0 Å². The molecule has 2 aliphatic heterocycles. The lowest BCUT2D eigenvalue weighted by Crippen LogP contribution is -2.54. The number of halogens is 4. The molecule has 1 saturated heterocycles. The van der Waals surface area contributed by atoms with Crippen molar-refractivity contribution in [3.8, 4) is 0 Å². The van der Waals surface area contributed by atoms with E-state index in [0.717, 1.165) is 16.6 Å². The molecule has 4 rings (SSSR count). The molecule has 1 N–H and O–H groups in total. The Balaban J connectivity index is 0.00000158. The van der Waals surface area contributed by atoms with Crippen molar-refractivity contribution in [3.05, 3.63) is 64.1 Å². The molecule has 182 valence electrons. The maximum absolute atomic E-state index is 13.2. The van der Waals surface area contributed by atoms with Crippen LogP contribution in [-0.4, -0.2) is 47.8 Å². The van der Waals surface area contributed by atoms with E-state index in [1.165, 1.54) is 17.0 Å². The fraction of sp³-hybridized carbons (Fsp3) is 0.375. The minimum atomic E-state index is -4.53. The van der Waals surface area contributed by atoms with Gasteiger partial charge in [-0.1, -0.05) is 48.0 Å². The Kier molecular flexibility index (Phi) is 8.14. The third kappa shape index (κ3) is 5.67. The maximum atomic E-state index is 13.2. The Morgan fingerprint density at radius 2 is 1.91 bits per heavy atom. The van der Waals surface area contributed by atoms with Gasteiger partial charge in [0.05, 0.1) is 12.2 Å². The summed E-state index contributed by atoms with van der Waals surface area (Å²) in [4.78, 5) is 32.0. The van der Waals surface area contributed by atoms with Crippen LogP contribution in [0.3, 0.4) is 0 Å². The molecule has 0 saturated carbocycles. The van der Waals surface area contributed by atoms with Gasteiger partial charge in [0.25, 0.3) is 5.91 Å². The Morgan fingerprint density at radius 3 is 2.53 bits per heavy atom. The summed E-state index contributed by atoms with van der Waals surface area (Å²) in [5, 5.41) is 2.46. The summed E-state index contributed by atoms with van der Waals surface area (Å²) >= 11 is 3.35. The number of benzene rings is 2. The third-order valence-electron chi connectivity index (χ3n) is 5.36. The molecule has 2 heterocycles. The number of rotatable bonds is 4. The Labute approximate surface area is 204 Å². The van der Waals surface area contributed by atoms with Crippen LogP contribution in [0.4, 0.5) is 18.9 Å². The van der Waals surface area contributed by atoms with Crippen LogP contribution in [0.2, 0.25) is 0 Å². The van der Waals surface area contributed by atoms with Gasteiger partial charge in [0.2, 0.25) is 5.91 Å². The van der Waals surface area contributed by atoms with Crippen molar-refractivity contribution in [3.63, 3.8) is 0 Å². The van der Waals surface area contributed by atoms with Crippen molar-refractivity contribution >= 4 is 39.1 Å². The molecule has 0 radical (unpaired) electrons. The number of alkyl halides is 3. The molecule has 1 spiro atoms. The van der Waals surface area contributed by atoms with E-state index >= 15 is 0 Å². The van der Waals surface area contributed by atoms with Gasteiger partial charge in [0.15, 0.2) is 5.66 Å². The maximum Gasteiger partial charge on any atom is 0.416 e. The molecular weight excluding hydrogens is 515 g/mol. The number of carbonyl (C=O) groups is 2. The third-order valence-corrected chi connectivity index (χ3v) is 5.89. The van der Waals surface area contributed by atoms with E-state index < -0.39 is 29.2 Å². The number of hydrogen-bond acceptors (Lipinski definition) is 4. The summed E-state index contributed by atoms with van der Waals surface area (Å²) in [5.74, 6) is -1.04. The van der Waals surface area contributed by atoms with E-state index in [-0.39, 0.29) is 24.6 Å². The first-order chi connectivity index (χ1) is 16.2. The Hall–Kier alpha value is -2.72. The van der Waals surface area contributed by atoms with Crippen molar-refractivity contribution in [1.82, 2.24) is 4.90 Å². The molecule has 0 aliphatic carbocycles. The molecule has 2 aromatic rings. The molecule has 34 heavy (non-hydrogen) atoms. The lowest BCUT2D eigenvalue weighted by atomic mass is 10.0. The summed E-state index contributed by atoms with van der Waals surface area (Å²) in [6.07, 6.45) is -3.34. The number of aliphatic imine (C=N–C) groups is 1. The van der Waals surface area contributed by atoms with E-state index in [1.54, 1.807) is 24.3 Å². The fourth-order valence-electron chi connectivity index (χ4n) is 3.83. The first-order valence-electron chi connectivity index (χ1n) is 10.9. The summed E-state index contributed by atoms with van der Waals surface area (Å²) in [6, 6.07) is 11.4. The van der Waals surface area contributed by atoms with Crippen LogP contribution in [0.5, 0.6) is 0 Å². The minimum absolute atomic E-state index is 0.000494. The second-order valence-electron chi connectivity index (χ2n) is 7.62. The number of hydrogen-bond donors (Lipinski definition) is 1. The summed E-state index contributed by atoms with van der Waals surface area (Å²) in [5.41, 5.74) is -1.04. The standard InChI is InChI=1S/C22H19BrF3N3O3.C2H6/c23-16-7-5-14(6-8-16)19-20(31)29(21(28-19)9-2-10-32-13-21)12-18(30)27-17-4-1-3-15(11-17)22(24,25)26;1-2/h1,3-8,11H,2,9-10,12-13H2,(H,27,30);1-2H3. The second kappa shape index (κ2) is 10.7. The van der Waals surface area contributed by atoms with Gasteiger partial charge in [0, 0.05) is 22.3 Å². The zero-order chi connectivity index (χ0) is 24.9. The normalized spacial score (nSPS) is 20.0. The largest absolute Gasteiger partial charge is 0.416 e. The number of nitrogens with one attached hydrogen (secondary N) is 1. The van der Waals surface area contributed by atoms with Gasteiger partial charge in [-0.2, -0.15) is 13.2 Å². The summed E-state index contributed by atoms with van der Waals surface area (Å²) < 4.78 is 45.3. The van der Waals surface area contributed by atoms with Crippen molar-refractivity contribution in [2.24, 2.45) is 4.99 Å². The summed E-state index contributed by atoms with van der Waals surface area (Å²) in [7, 11) is 0. The van der Waals surface area contributed by atoms with Gasteiger partial charge in [-0.25, -0.2) is 4.99 Å². The molecule has 2 amide bonds. The van der Waals surface area contributed by atoms with Gasteiger partial charge in [-0.15, -0.1) is 0 Å². The van der Waals surface area contributed by atoms with Gasteiger partial charge >= 0.3 is 6.18 Å². The lowest BCUT2D eigenvalue weighted by Gasteiger charge is -2.38. The highest BCUT2D eigenvalue weighted by atomic mass is 79.9. The molecule has 1 atom stereocenters. The highest BCUT2D eigenvalue weighted by Gasteiger charge is 2.49. The number of anilines is 1. The first kappa shape index (κ1) is 25.9. The highest BCUT2D eigenvalue weighted by molar-refractivity contribution is 9.10. The van der Waals surface area contributed by atoms with Crippen LogP contribution in [0.25, 0.3) is 0 Å². The van der Waals surface area contributed by atoms with Gasteiger partial charge in [0.1, 0.15) is 12.3 Å². The van der Waals surface area contributed by atoms with Crippen LogP contribution in [0, 0.1) is 0 Å². The average molecular weight is 540 g/mol. The molecular formula is C24H25BrF3N3O3. The predicted molar refractivity (Wildman–Crippen MR) is 127 cm³/mol. The van der Waals surface area contributed by atoms with Crippen LogP contribution in [0.1, 0.15) is 37.8 Å². The van der Waals surface area contributed by atoms with Gasteiger partial charge in [-0.05, 0) is 43.2 Å². The first-order valence-corrected chi connectivity index (χ1v) is 11.7. The van der Waals surface area contributed by atoms with E-state index in [2.05, 4.69) is 26.2 Å². The molecule has 0 bridgehead atoms. The smallest absolute Gasteiger partial charge is 0.377 e. The van der Waals surface area contributed by atoms with Crippen molar-refractivity contribution < 1.29 is 27.5 Å². The number of nitrogens with zero attached hydrogens (tertiary/aromatic N) is 2. The zero-order valence-electron chi connectivity index (χ0n) is 18.8. The molecule has 1 unspecified atom stereocenters. The monoisotopic (exact) mass is 539 g/mol. The fourth-order valence-corrected chi connectivity index (χ4v) is 4.10. The quantitative estimate of drug-likeness (QED) is 0.575. The van der Waals surface area contributed by atoms with Gasteiger partial charge in [-0.3, -0.25) is 9.59 Å². The Bertz CT molecular complexity index is 1070. The van der Waals surface area contributed by atoms with Gasteiger partial charge < -0.3 is 15.0 Å². The number of carbonyl (C=O) groups excluding carboxylic acids is 2. The van der Waals surface area contributed by atoms with Crippen LogP contribution < -0.4 is 5.32 Å². The highest BCUT2D eigenvalue weighted by Crippen LogP contribution is 2.35. The van der Waals surface area contributed by atoms with E-state index in [1.807, 2.05) is 13.8 Å². The van der Waals surface area contributed by atoms with E-state index in [0.29, 0.717) is 25.0 Å². The van der Waals surface area contributed by atoms with Crippen LogP contribution in [-0.2, 0) is 20.5 Å². The summed E-state index contributed by atoms with van der Waals surface area (Å²) in [6.45, 7) is 4.32. The van der Waals surface area contributed by atoms with Crippen molar-refractivity contribution in [2.45, 2.75) is 38.5 Å². The Morgan fingerprint density at radius 1 is 1.21 bits per heavy atom. The molecule has 1 fully saturated rings. The molecule has 2 aliphatic rings. The molecule has 2 aromatic carbocycles. The van der Waals surface area contributed by atoms with E-state index in [9.17, 15) is 22.8 Å².